The van der Waals surface area contributed by atoms with E-state index in [9.17, 15) is 9.59 Å². The quantitative estimate of drug-likeness (QED) is 0.368. The van der Waals surface area contributed by atoms with E-state index in [1.54, 1.807) is 4.90 Å². The molecule has 0 bridgehead atoms. The van der Waals surface area contributed by atoms with Gasteiger partial charge in [-0.2, -0.15) is 0 Å². The smallest absolute Gasteiger partial charge is 0.254 e. The number of aliphatic imine (C=N–C) groups is 1. The number of nitrogens with zero attached hydrogens (tertiary/aromatic N) is 3. The first-order valence-corrected chi connectivity index (χ1v) is 10.1. The van der Waals surface area contributed by atoms with E-state index in [-0.39, 0.29) is 42.3 Å². The number of guanidine groups is 1. The van der Waals surface area contributed by atoms with Crippen LogP contribution in [-0.4, -0.2) is 67.3 Å². The molecule has 8 heteroatoms. The lowest BCUT2D eigenvalue weighted by molar-refractivity contribution is -0.123. The third kappa shape index (κ3) is 6.32. The Balaban J connectivity index is 0.00000300. The van der Waals surface area contributed by atoms with Crippen molar-refractivity contribution in [2.45, 2.75) is 26.8 Å². The molecule has 2 saturated heterocycles. The first-order valence-electron chi connectivity index (χ1n) is 10.1. The monoisotopic (exact) mass is 513 g/mol. The molecule has 2 amide bonds. The number of carbonyl (C=O) groups excluding carboxylic acids is 2. The minimum Gasteiger partial charge on any atom is -0.353 e. The molecule has 2 atom stereocenters. The molecule has 2 aliphatic rings. The summed E-state index contributed by atoms with van der Waals surface area (Å²) in [6, 6.07) is 7.58. The van der Waals surface area contributed by atoms with Gasteiger partial charge in [0.2, 0.25) is 5.91 Å². The summed E-state index contributed by atoms with van der Waals surface area (Å²) >= 11 is 0. The fraction of sp³-hybridized carbons (Fsp3) is 0.571. The van der Waals surface area contributed by atoms with Crippen molar-refractivity contribution in [3.63, 3.8) is 0 Å². The second kappa shape index (κ2) is 10.8. The predicted molar refractivity (Wildman–Crippen MR) is 125 cm³/mol. The van der Waals surface area contributed by atoms with Crippen LogP contribution in [0.25, 0.3) is 0 Å². The number of nitrogens with one attached hydrogen (secondary N) is 2. The van der Waals surface area contributed by atoms with E-state index in [0.29, 0.717) is 37.0 Å². The van der Waals surface area contributed by atoms with Crippen LogP contribution in [0.4, 0.5) is 0 Å². The molecule has 0 saturated carbocycles. The van der Waals surface area contributed by atoms with Gasteiger partial charge in [0.1, 0.15) is 0 Å². The lowest BCUT2D eigenvalue weighted by Gasteiger charge is -2.37. The lowest BCUT2D eigenvalue weighted by Crippen LogP contribution is -2.49. The molecule has 2 fully saturated rings. The van der Waals surface area contributed by atoms with Crippen LogP contribution >= 0.6 is 24.0 Å². The zero-order valence-electron chi connectivity index (χ0n) is 17.5. The number of hydrogen-bond donors (Lipinski definition) is 2. The third-order valence-electron chi connectivity index (χ3n) is 5.36. The summed E-state index contributed by atoms with van der Waals surface area (Å²) in [5, 5.41) is 6.18. The number of piperazine rings is 1. The second-order valence-corrected chi connectivity index (χ2v) is 8.03. The number of piperidine rings is 1. The maximum absolute atomic E-state index is 12.5. The zero-order chi connectivity index (χ0) is 20.1. The standard InChI is InChI=1S/C21H31N5O2.HI/c1-15-10-16(2)13-26(12-15)21(22-3)24-11-17-4-6-18(7-5-17)20(28)25-9-8-23-19(27)14-25;/h4-7,15-16H,8-14H2,1-3H3,(H,22,24)(H,23,27);1H. The van der Waals surface area contributed by atoms with Gasteiger partial charge in [0.05, 0.1) is 6.54 Å². The van der Waals surface area contributed by atoms with E-state index in [4.69, 9.17) is 0 Å². The Bertz CT molecular complexity index is 727. The number of carbonyl (C=O) groups is 2. The zero-order valence-corrected chi connectivity index (χ0v) is 19.8. The minimum atomic E-state index is -0.104. The SMILES string of the molecule is CN=C(NCc1ccc(C(=O)N2CCNC(=O)C2)cc1)N1CC(C)CC(C)C1.I. The number of halogens is 1. The Morgan fingerprint density at radius 2 is 1.83 bits per heavy atom. The number of rotatable bonds is 3. The van der Waals surface area contributed by atoms with Gasteiger partial charge in [-0.05, 0) is 36.0 Å². The van der Waals surface area contributed by atoms with Crippen molar-refractivity contribution in [1.82, 2.24) is 20.4 Å². The topological polar surface area (TPSA) is 77.0 Å². The molecule has 2 N–H and O–H groups in total. The van der Waals surface area contributed by atoms with E-state index >= 15 is 0 Å². The van der Waals surface area contributed by atoms with Crippen LogP contribution < -0.4 is 10.6 Å². The van der Waals surface area contributed by atoms with Crippen molar-refractivity contribution in [3.05, 3.63) is 35.4 Å². The summed E-state index contributed by atoms with van der Waals surface area (Å²) in [6.07, 6.45) is 1.27. The van der Waals surface area contributed by atoms with E-state index < -0.39 is 0 Å². The Morgan fingerprint density at radius 1 is 1.17 bits per heavy atom. The van der Waals surface area contributed by atoms with Crippen LogP contribution in [0, 0.1) is 11.8 Å². The van der Waals surface area contributed by atoms with Gasteiger partial charge in [-0.1, -0.05) is 26.0 Å². The molecule has 2 unspecified atom stereocenters. The van der Waals surface area contributed by atoms with Gasteiger partial charge in [-0.3, -0.25) is 14.6 Å². The molecule has 2 aliphatic heterocycles. The normalized spacial score (nSPS) is 22.6. The van der Waals surface area contributed by atoms with Crippen LogP contribution in [-0.2, 0) is 11.3 Å². The maximum Gasteiger partial charge on any atom is 0.254 e. The predicted octanol–water partition coefficient (Wildman–Crippen LogP) is 1.93. The largest absolute Gasteiger partial charge is 0.353 e. The summed E-state index contributed by atoms with van der Waals surface area (Å²) in [4.78, 5) is 32.4. The van der Waals surface area contributed by atoms with Gasteiger partial charge in [0, 0.05) is 45.3 Å². The van der Waals surface area contributed by atoms with Gasteiger partial charge in [-0.25, -0.2) is 0 Å². The molecular formula is C21H32IN5O2. The van der Waals surface area contributed by atoms with Crippen LogP contribution in [0.15, 0.2) is 29.3 Å². The van der Waals surface area contributed by atoms with Crippen LogP contribution in [0.1, 0.15) is 36.2 Å². The summed E-state index contributed by atoms with van der Waals surface area (Å²) in [5.41, 5.74) is 1.70. The van der Waals surface area contributed by atoms with Gasteiger partial charge in [0.25, 0.3) is 5.91 Å². The molecule has 1 aromatic carbocycles. The van der Waals surface area contributed by atoms with Crippen LogP contribution in [0.2, 0.25) is 0 Å². The van der Waals surface area contributed by atoms with E-state index in [0.717, 1.165) is 24.6 Å². The molecule has 7 nitrogen and oxygen atoms in total. The second-order valence-electron chi connectivity index (χ2n) is 8.03. The lowest BCUT2D eigenvalue weighted by atomic mass is 9.92. The Labute approximate surface area is 190 Å². The van der Waals surface area contributed by atoms with Gasteiger partial charge in [-0.15, -0.1) is 24.0 Å². The summed E-state index contributed by atoms with van der Waals surface area (Å²) in [5.74, 6) is 2.07. The van der Waals surface area contributed by atoms with Crippen LogP contribution in [0.5, 0.6) is 0 Å². The van der Waals surface area contributed by atoms with E-state index in [1.807, 2.05) is 31.3 Å². The summed E-state index contributed by atoms with van der Waals surface area (Å²) in [7, 11) is 1.82. The van der Waals surface area contributed by atoms with Crippen molar-refractivity contribution in [1.29, 1.82) is 0 Å². The molecule has 0 radical (unpaired) electrons. The highest BCUT2D eigenvalue weighted by atomic mass is 127. The van der Waals surface area contributed by atoms with Crippen molar-refractivity contribution in [3.8, 4) is 0 Å². The van der Waals surface area contributed by atoms with Crippen molar-refractivity contribution in [2.75, 3.05) is 39.8 Å². The first kappa shape index (κ1) is 23.4. The molecule has 3 rings (SSSR count). The molecule has 160 valence electrons. The fourth-order valence-electron chi connectivity index (χ4n) is 4.11. The minimum absolute atomic E-state index is 0. The molecular weight excluding hydrogens is 481 g/mol. The highest BCUT2D eigenvalue weighted by molar-refractivity contribution is 14.0. The highest BCUT2D eigenvalue weighted by Gasteiger charge is 2.24. The molecule has 0 aromatic heterocycles. The average molecular weight is 513 g/mol. The fourth-order valence-corrected chi connectivity index (χ4v) is 4.11. The molecule has 1 aromatic rings. The maximum atomic E-state index is 12.5. The Hall–Kier alpha value is -1.84. The average Bonchev–Trinajstić information content (AvgIpc) is 2.68. The van der Waals surface area contributed by atoms with Gasteiger partial charge >= 0.3 is 0 Å². The number of hydrogen-bond acceptors (Lipinski definition) is 3. The van der Waals surface area contributed by atoms with Crippen molar-refractivity contribution >= 4 is 41.8 Å². The van der Waals surface area contributed by atoms with Gasteiger partial charge < -0.3 is 20.4 Å². The first-order chi connectivity index (χ1) is 13.5. The van der Waals surface area contributed by atoms with Crippen molar-refractivity contribution in [2.24, 2.45) is 16.8 Å². The molecule has 2 heterocycles. The Morgan fingerprint density at radius 3 is 2.41 bits per heavy atom. The van der Waals surface area contributed by atoms with E-state index in [1.165, 1.54) is 6.42 Å². The summed E-state index contributed by atoms with van der Waals surface area (Å²) < 4.78 is 0. The Kier molecular flexibility index (Phi) is 8.73. The van der Waals surface area contributed by atoms with Gasteiger partial charge in [0.15, 0.2) is 5.96 Å². The van der Waals surface area contributed by atoms with Crippen LogP contribution in [0.3, 0.4) is 0 Å². The number of amides is 2. The number of likely N-dealkylation sites (tertiary alicyclic amines) is 1. The molecule has 29 heavy (non-hydrogen) atoms. The highest BCUT2D eigenvalue weighted by Crippen LogP contribution is 2.21. The molecule has 0 aliphatic carbocycles. The summed E-state index contributed by atoms with van der Waals surface area (Å²) in [6.45, 7) is 8.49. The third-order valence-corrected chi connectivity index (χ3v) is 5.36. The molecule has 0 spiro atoms. The van der Waals surface area contributed by atoms with E-state index in [2.05, 4.69) is 34.4 Å². The van der Waals surface area contributed by atoms with Crippen molar-refractivity contribution < 1.29 is 9.59 Å². The number of benzene rings is 1.